The standard InChI is InChI=1S/C16H14FNO4/c1-10(15(20)18-13-7-5-12(17)6-8-13)22-16(21)11-3-2-4-14(19)9-11/h2-10,19H,1H3,(H,18,20)/t10-/m0/s1. The van der Waals surface area contributed by atoms with Gasteiger partial charge in [-0.3, -0.25) is 4.79 Å². The Hall–Kier alpha value is -2.89. The lowest BCUT2D eigenvalue weighted by Gasteiger charge is -2.13. The molecule has 22 heavy (non-hydrogen) atoms. The molecule has 0 radical (unpaired) electrons. The van der Waals surface area contributed by atoms with Crippen LogP contribution in [0.5, 0.6) is 5.75 Å². The zero-order valence-corrected chi connectivity index (χ0v) is 11.7. The van der Waals surface area contributed by atoms with Crippen LogP contribution in [0.4, 0.5) is 10.1 Å². The second-order valence-corrected chi connectivity index (χ2v) is 4.59. The number of benzene rings is 2. The van der Waals surface area contributed by atoms with Crippen LogP contribution < -0.4 is 5.32 Å². The van der Waals surface area contributed by atoms with Gasteiger partial charge in [0.1, 0.15) is 11.6 Å². The Morgan fingerprint density at radius 3 is 2.50 bits per heavy atom. The summed E-state index contributed by atoms with van der Waals surface area (Å²) in [7, 11) is 0. The van der Waals surface area contributed by atoms with Gasteiger partial charge in [-0.2, -0.15) is 0 Å². The molecule has 6 heteroatoms. The van der Waals surface area contributed by atoms with Crippen LogP contribution in [0.1, 0.15) is 17.3 Å². The molecule has 0 fully saturated rings. The lowest BCUT2D eigenvalue weighted by molar-refractivity contribution is -0.123. The predicted octanol–water partition coefficient (Wildman–Crippen LogP) is 2.72. The minimum Gasteiger partial charge on any atom is -0.508 e. The van der Waals surface area contributed by atoms with E-state index in [9.17, 15) is 19.1 Å². The van der Waals surface area contributed by atoms with E-state index in [1.54, 1.807) is 0 Å². The van der Waals surface area contributed by atoms with E-state index < -0.39 is 23.8 Å². The molecule has 2 aromatic rings. The summed E-state index contributed by atoms with van der Waals surface area (Å²) in [6.45, 7) is 1.42. The molecule has 0 saturated carbocycles. The van der Waals surface area contributed by atoms with Gasteiger partial charge in [-0.25, -0.2) is 9.18 Å². The number of carbonyl (C=O) groups excluding carboxylic acids is 2. The van der Waals surface area contributed by atoms with Gasteiger partial charge in [-0.05, 0) is 49.4 Å². The number of carbonyl (C=O) groups is 2. The number of esters is 1. The van der Waals surface area contributed by atoms with Gasteiger partial charge in [0.15, 0.2) is 6.10 Å². The number of aromatic hydroxyl groups is 1. The second-order valence-electron chi connectivity index (χ2n) is 4.59. The predicted molar refractivity (Wildman–Crippen MR) is 78.0 cm³/mol. The zero-order chi connectivity index (χ0) is 16.1. The molecular formula is C16H14FNO4. The van der Waals surface area contributed by atoms with Crippen LogP contribution in [0.25, 0.3) is 0 Å². The molecule has 1 amide bonds. The normalized spacial score (nSPS) is 11.5. The maximum atomic E-state index is 12.8. The van der Waals surface area contributed by atoms with E-state index in [1.165, 1.54) is 55.5 Å². The summed E-state index contributed by atoms with van der Waals surface area (Å²) in [6, 6.07) is 10.8. The van der Waals surface area contributed by atoms with Crippen molar-refractivity contribution in [3.8, 4) is 5.75 Å². The average molecular weight is 303 g/mol. The highest BCUT2D eigenvalue weighted by atomic mass is 19.1. The van der Waals surface area contributed by atoms with Crippen molar-refractivity contribution in [3.05, 3.63) is 59.9 Å². The number of phenolic OH excluding ortho intramolecular Hbond substituents is 1. The van der Waals surface area contributed by atoms with E-state index in [-0.39, 0.29) is 11.3 Å². The van der Waals surface area contributed by atoms with Crippen LogP contribution in [0.2, 0.25) is 0 Å². The smallest absolute Gasteiger partial charge is 0.339 e. The first-order valence-corrected chi connectivity index (χ1v) is 6.52. The summed E-state index contributed by atoms with van der Waals surface area (Å²) in [4.78, 5) is 23.7. The van der Waals surface area contributed by atoms with Crippen molar-refractivity contribution in [1.82, 2.24) is 0 Å². The first kappa shape index (κ1) is 15.5. The SMILES string of the molecule is C[C@H](OC(=O)c1cccc(O)c1)C(=O)Nc1ccc(F)cc1. The fraction of sp³-hybridized carbons (Fsp3) is 0.125. The zero-order valence-electron chi connectivity index (χ0n) is 11.7. The highest BCUT2D eigenvalue weighted by Crippen LogP contribution is 2.13. The highest BCUT2D eigenvalue weighted by molar-refractivity contribution is 5.97. The number of phenols is 1. The molecule has 0 aliphatic carbocycles. The molecule has 1 atom stereocenters. The molecule has 0 heterocycles. The monoisotopic (exact) mass is 303 g/mol. The van der Waals surface area contributed by atoms with E-state index in [1.807, 2.05) is 0 Å². The van der Waals surface area contributed by atoms with Gasteiger partial charge in [-0.15, -0.1) is 0 Å². The number of rotatable bonds is 4. The fourth-order valence-corrected chi connectivity index (χ4v) is 1.69. The lowest BCUT2D eigenvalue weighted by Crippen LogP contribution is -2.30. The van der Waals surface area contributed by atoms with Gasteiger partial charge >= 0.3 is 5.97 Å². The molecule has 0 aliphatic rings. The molecule has 0 unspecified atom stereocenters. The van der Waals surface area contributed by atoms with Crippen molar-refractivity contribution < 1.29 is 23.8 Å². The van der Waals surface area contributed by atoms with Gasteiger partial charge in [0.2, 0.25) is 0 Å². The third-order valence-electron chi connectivity index (χ3n) is 2.85. The highest BCUT2D eigenvalue weighted by Gasteiger charge is 2.19. The molecule has 2 N–H and O–H groups in total. The minimum atomic E-state index is -1.04. The van der Waals surface area contributed by atoms with Crippen molar-refractivity contribution in [2.45, 2.75) is 13.0 Å². The van der Waals surface area contributed by atoms with Crippen molar-refractivity contribution >= 4 is 17.6 Å². The van der Waals surface area contributed by atoms with Crippen LogP contribution in [-0.2, 0) is 9.53 Å². The van der Waals surface area contributed by atoms with E-state index in [4.69, 9.17) is 4.74 Å². The molecule has 0 aromatic heterocycles. The Morgan fingerprint density at radius 2 is 1.86 bits per heavy atom. The van der Waals surface area contributed by atoms with Crippen molar-refractivity contribution in [2.24, 2.45) is 0 Å². The molecule has 2 rings (SSSR count). The Balaban J connectivity index is 1.96. The fourth-order valence-electron chi connectivity index (χ4n) is 1.69. The number of ether oxygens (including phenoxy) is 1. The third-order valence-corrected chi connectivity index (χ3v) is 2.85. The summed E-state index contributed by atoms with van der Waals surface area (Å²) < 4.78 is 17.8. The maximum absolute atomic E-state index is 12.8. The summed E-state index contributed by atoms with van der Waals surface area (Å²) in [5.41, 5.74) is 0.535. The van der Waals surface area contributed by atoms with Crippen molar-refractivity contribution in [2.75, 3.05) is 5.32 Å². The molecule has 5 nitrogen and oxygen atoms in total. The largest absolute Gasteiger partial charge is 0.508 e. The topological polar surface area (TPSA) is 75.6 Å². The second kappa shape index (κ2) is 6.71. The molecule has 0 saturated heterocycles. The number of anilines is 1. The lowest BCUT2D eigenvalue weighted by atomic mass is 10.2. The summed E-state index contributed by atoms with van der Waals surface area (Å²) >= 11 is 0. The van der Waals surface area contributed by atoms with Gasteiger partial charge in [0.05, 0.1) is 5.56 Å². The van der Waals surface area contributed by atoms with Gasteiger partial charge in [-0.1, -0.05) is 6.07 Å². The van der Waals surface area contributed by atoms with Crippen LogP contribution in [-0.4, -0.2) is 23.1 Å². The molecule has 0 aliphatic heterocycles. The van der Waals surface area contributed by atoms with E-state index in [0.717, 1.165) is 0 Å². The third kappa shape index (κ3) is 4.05. The number of hydrogen-bond donors (Lipinski definition) is 2. The molecule has 2 aromatic carbocycles. The maximum Gasteiger partial charge on any atom is 0.339 e. The molecular weight excluding hydrogens is 289 g/mol. The van der Waals surface area contributed by atoms with Crippen LogP contribution in [0, 0.1) is 5.82 Å². The Kier molecular flexibility index (Phi) is 4.73. The number of halogens is 1. The number of amides is 1. The van der Waals surface area contributed by atoms with E-state index in [2.05, 4.69) is 5.32 Å². The van der Waals surface area contributed by atoms with Gasteiger partial charge in [0.25, 0.3) is 5.91 Å². The molecule has 0 spiro atoms. The van der Waals surface area contributed by atoms with Gasteiger partial charge in [0, 0.05) is 5.69 Å². The average Bonchev–Trinajstić information content (AvgIpc) is 2.49. The Bertz CT molecular complexity index is 685. The Morgan fingerprint density at radius 1 is 1.18 bits per heavy atom. The van der Waals surface area contributed by atoms with Crippen molar-refractivity contribution in [3.63, 3.8) is 0 Å². The minimum absolute atomic E-state index is 0.0714. The van der Waals surface area contributed by atoms with E-state index in [0.29, 0.717) is 5.69 Å². The molecule has 0 bridgehead atoms. The van der Waals surface area contributed by atoms with E-state index >= 15 is 0 Å². The van der Waals surface area contributed by atoms with Gasteiger partial charge < -0.3 is 15.2 Å². The Labute approximate surface area is 126 Å². The first-order valence-electron chi connectivity index (χ1n) is 6.52. The molecule has 114 valence electrons. The van der Waals surface area contributed by atoms with Crippen LogP contribution >= 0.6 is 0 Å². The summed E-state index contributed by atoms with van der Waals surface area (Å²) in [5, 5.41) is 11.8. The van der Waals surface area contributed by atoms with Crippen LogP contribution in [0.3, 0.4) is 0 Å². The summed E-state index contributed by atoms with van der Waals surface area (Å²) in [5.74, 6) is -1.75. The first-order chi connectivity index (χ1) is 10.5. The number of hydrogen-bond acceptors (Lipinski definition) is 4. The van der Waals surface area contributed by atoms with Crippen LogP contribution in [0.15, 0.2) is 48.5 Å². The number of nitrogens with one attached hydrogen (secondary N) is 1. The quantitative estimate of drug-likeness (QED) is 0.852. The summed E-state index contributed by atoms with van der Waals surface area (Å²) in [6.07, 6.45) is -1.04. The van der Waals surface area contributed by atoms with Crippen molar-refractivity contribution in [1.29, 1.82) is 0 Å².